The largest absolute Gasteiger partial charge is 0.481 e. The minimum absolute atomic E-state index is 0.165. The molecule has 0 amide bonds. The Kier molecular flexibility index (Phi) is 8.68. The lowest BCUT2D eigenvalue weighted by Crippen LogP contribution is -2.64. The van der Waals surface area contributed by atoms with Gasteiger partial charge in [-0.1, -0.05) is 46.3 Å². The van der Waals surface area contributed by atoms with Crippen molar-refractivity contribution < 1.29 is 14.3 Å². The molecule has 6 aliphatic carbocycles. The summed E-state index contributed by atoms with van der Waals surface area (Å²) in [6, 6.07) is 0. The summed E-state index contributed by atoms with van der Waals surface area (Å²) in [7, 11) is 0. The molecule has 9 atom stereocenters. The van der Waals surface area contributed by atoms with Gasteiger partial charge < -0.3 is 15.3 Å². The fourth-order valence-corrected chi connectivity index (χ4v) is 13.9. The van der Waals surface area contributed by atoms with Crippen molar-refractivity contribution in [2.24, 2.45) is 57.2 Å². The molecule has 0 aromatic rings. The highest BCUT2D eigenvalue weighted by Gasteiger charge is 2.65. The highest BCUT2D eigenvalue weighted by Crippen LogP contribution is 2.72. The lowest BCUT2D eigenvalue weighted by Gasteiger charge is -2.68. The molecule has 5 heteroatoms. The molecule has 4 saturated carbocycles. The van der Waals surface area contributed by atoms with Crippen LogP contribution in [0.2, 0.25) is 0 Å². The van der Waals surface area contributed by atoms with Gasteiger partial charge in [-0.05, 0) is 173 Å². The van der Waals surface area contributed by atoms with Crippen molar-refractivity contribution >= 4 is 5.97 Å². The molecule has 2 N–H and O–H groups in total. The van der Waals surface area contributed by atoms with Crippen molar-refractivity contribution in [3.63, 3.8) is 0 Å². The van der Waals surface area contributed by atoms with E-state index in [4.69, 9.17) is 0 Å². The molecule has 7 aliphatic rings. The first-order chi connectivity index (χ1) is 21.9. The van der Waals surface area contributed by atoms with Gasteiger partial charge in [0, 0.05) is 18.6 Å². The van der Waals surface area contributed by atoms with Crippen LogP contribution in [0.15, 0.2) is 23.3 Å². The summed E-state index contributed by atoms with van der Waals surface area (Å²) >= 11 is 0. The molecule has 258 valence electrons. The van der Waals surface area contributed by atoms with E-state index >= 15 is 0 Å². The monoisotopic (exact) mass is 637 g/mol. The summed E-state index contributed by atoms with van der Waals surface area (Å²) < 4.78 is 13.4. The molecule has 46 heavy (non-hydrogen) atoms. The van der Waals surface area contributed by atoms with Crippen LogP contribution in [0, 0.1) is 57.2 Å². The Balaban J connectivity index is 1.03. The first-order valence-corrected chi connectivity index (χ1v) is 19.5. The first kappa shape index (κ1) is 33.3. The van der Waals surface area contributed by atoms with Crippen LogP contribution in [0.3, 0.4) is 0 Å². The number of hydrogen-bond donors (Lipinski definition) is 2. The van der Waals surface area contributed by atoms with Crippen LogP contribution in [-0.4, -0.2) is 54.4 Å². The van der Waals surface area contributed by atoms with Crippen LogP contribution in [0.5, 0.6) is 0 Å². The van der Waals surface area contributed by atoms with Crippen LogP contribution in [0.4, 0.5) is 4.39 Å². The molecule has 5 fully saturated rings. The number of aliphatic carboxylic acids is 1. The highest BCUT2D eigenvalue weighted by atomic mass is 19.1. The molecule has 4 nitrogen and oxygen atoms in total. The number of carboxylic acid groups (broad SMARTS) is 1. The smallest absolute Gasteiger partial charge is 0.309 e. The van der Waals surface area contributed by atoms with Crippen molar-refractivity contribution in [1.29, 1.82) is 0 Å². The van der Waals surface area contributed by atoms with Gasteiger partial charge in [-0.25, -0.2) is 0 Å². The molecule has 1 saturated heterocycles. The summed E-state index contributed by atoms with van der Waals surface area (Å²) in [6.45, 7) is 16.3. The van der Waals surface area contributed by atoms with E-state index < -0.39 is 11.4 Å². The van der Waals surface area contributed by atoms with Gasteiger partial charge in [-0.3, -0.25) is 9.18 Å². The minimum atomic E-state index is -0.625. The van der Waals surface area contributed by atoms with Crippen LogP contribution in [-0.2, 0) is 4.79 Å². The van der Waals surface area contributed by atoms with Crippen LogP contribution >= 0.6 is 0 Å². The van der Waals surface area contributed by atoms with E-state index in [0.717, 1.165) is 87.9 Å². The quantitative estimate of drug-likeness (QED) is 0.293. The molecule has 0 spiro atoms. The van der Waals surface area contributed by atoms with E-state index in [1.807, 2.05) is 6.92 Å². The van der Waals surface area contributed by atoms with Crippen molar-refractivity contribution in [3.8, 4) is 0 Å². The maximum Gasteiger partial charge on any atom is 0.309 e. The Morgan fingerprint density at radius 2 is 1.67 bits per heavy atom. The standard InChI is InChI=1S/C41H65FN2O2/c1-37(2)31(29-10-8-28(27-42)9-11-29)14-18-40(5)34(37)16-19-39(4)32-15-20-41(17-6-7-33(41)30(32)12-13-35(39)40)43-23-26-44-24-21-38(3,22-25-44)36(45)46/h10,14,28,30,32-35,43H,6-9,11-13,15-27H2,1-5H3,(H,45,46). The molecule has 1 heterocycles. The second kappa shape index (κ2) is 12.0. The molecule has 0 radical (unpaired) electrons. The molecule has 0 bridgehead atoms. The topological polar surface area (TPSA) is 52.6 Å². The van der Waals surface area contributed by atoms with Gasteiger partial charge in [0.2, 0.25) is 0 Å². The van der Waals surface area contributed by atoms with Crippen LogP contribution in [0.25, 0.3) is 0 Å². The molecule has 0 aromatic carbocycles. The fraction of sp³-hybridized carbons (Fsp3) is 0.878. The van der Waals surface area contributed by atoms with Crippen molar-refractivity contribution in [2.75, 3.05) is 32.9 Å². The van der Waals surface area contributed by atoms with E-state index in [0.29, 0.717) is 16.4 Å². The number of alkyl halides is 1. The van der Waals surface area contributed by atoms with Crippen molar-refractivity contribution in [3.05, 3.63) is 23.3 Å². The maximum atomic E-state index is 13.4. The van der Waals surface area contributed by atoms with Crippen molar-refractivity contribution in [1.82, 2.24) is 10.2 Å². The summed E-state index contributed by atoms with van der Waals surface area (Å²) in [5, 5.41) is 13.9. The number of likely N-dealkylation sites (tertiary alicyclic amines) is 1. The Hall–Kier alpha value is -1.20. The third-order valence-electron chi connectivity index (χ3n) is 16.6. The summed E-state index contributed by atoms with van der Waals surface area (Å²) in [4.78, 5) is 14.2. The Morgan fingerprint density at radius 3 is 2.37 bits per heavy atom. The zero-order chi connectivity index (χ0) is 32.5. The zero-order valence-electron chi connectivity index (χ0n) is 29.9. The minimum Gasteiger partial charge on any atom is -0.481 e. The third-order valence-corrected chi connectivity index (χ3v) is 16.6. The van der Waals surface area contributed by atoms with Gasteiger partial charge in [0.1, 0.15) is 0 Å². The number of halogens is 1. The highest BCUT2D eigenvalue weighted by molar-refractivity contribution is 5.74. The number of carboxylic acids is 1. The molecular weight excluding hydrogens is 571 g/mol. The second-order valence-corrected chi connectivity index (χ2v) is 18.9. The van der Waals surface area contributed by atoms with Crippen molar-refractivity contribution in [2.45, 2.75) is 136 Å². The lowest BCUT2D eigenvalue weighted by atomic mass is 9.37. The molecule has 1 aliphatic heterocycles. The third kappa shape index (κ3) is 5.21. The van der Waals surface area contributed by atoms with Gasteiger partial charge in [0.15, 0.2) is 0 Å². The predicted octanol–water partition coefficient (Wildman–Crippen LogP) is 9.21. The normalized spacial score (nSPS) is 45.0. The molecule has 9 unspecified atom stereocenters. The summed E-state index contributed by atoms with van der Waals surface area (Å²) in [5.74, 6) is 3.72. The van der Waals surface area contributed by atoms with E-state index in [1.54, 1.807) is 11.1 Å². The van der Waals surface area contributed by atoms with E-state index in [-0.39, 0.29) is 18.0 Å². The van der Waals surface area contributed by atoms with Gasteiger partial charge in [0.25, 0.3) is 0 Å². The van der Waals surface area contributed by atoms with E-state index in [2.05, 4.69) is 50.1 Å². The number of carbonyl (C=O) groups is 1. The lowest BCUT2D eigenvalue weighted by molar-refractivity contribution is -0.175. The number of allylic oxidation sites excluding steroid dienone is 4. The molecular formula is C41H65FN2O2. The maximum absolute atomic E-state index is 13.4. The number of rotatable bonds is 7. The number of fused-ring (bicyclic) bond motifs is 7. The summed E-state index contributed by atoms with van der Waals surface area (Å²) in [6.07, 6.45) is 23.3. The molecule has 7 rings (SSSR count). The predicted molar refractivity (Wildman–Crippen MR) is 185 cm³/mol. The van der Waals surface area contributed by atoms with Crippen LogP contribution < -0.4 is 5.32 Å². The Bertz CT molecular complexity index is 1230. The average molecular weight is 637 g/mol. The van der Waals surface area contributed by atoms with Gasteiger partial charge in [-0.2, -0.15) is 0 Å². The molecule has 0 aromatic heterocycles. The van der Waals surface area contributed by atoms with E-state index in [1.165, 1.54) is 64.2 Å². The fourth-order valence-electron chi connectivity index (χ4n) is 13.9. The zero-order valence-corrected chi connectivity index (χ0v) is 29.9. The van der Waals surface area contributed by atoms with Gasteiger partial charge >= 0.3 is 5.97 Å². The number of nitrogens with zero attached hydrogens (tertiary/aromatic N) is 1. The van der Waals surface area contributed by atoms with Gasteiger partial charge in [-0.15, -0.1) is 0 Å². The first-order valence-electron chi connectivity index (χ1n) is 19.5. The SMILES string of the molecule is CC1(C(=O)O)CCN(CCNC23CCCC2C2CCC4C(C)(CCC5C(C)(C)C(C6=CCC(CF)CC6)=CCC54C)C2CC3)CC1. The van der Waals surface area contributed by atoms with Gasteiger partial charge in [0.05, 0.1) is 12.1 Å². The van der Waals surface area contributed by atoms with E-state index in [9.17, 15) is 14.3 Å². The second-order valence-electron chi connectivity index (χ2n) is 18.9. The number of hydrogen-bond acceptors (Lipinski definition) is 3. The average Bonchev–Trinajstić information content (AvgIpc) is 3.46. The van der Waals surface area contributed by atoms with Crippen LogP contribution in [0.1, 0.15) is 131 Å². The Labute approximate surface area is 279 Å². The number of nitrogens with one attached hydrogen (secondary N) is 1. The number of piperidine rings is 1. The summed E-state index contributed by atoms with van der Waals surface area (Å²) in [5.41, 5.74) is 3.97. The Morgan fingerprint density at radius 1 is 0.891 bits per heavy atom.